The summed E-state index contributed by atoms with van der Waals surface area (Å²) < 4.78 is 25.7. The molecule has 0 bridgehead atoms. The van der Waals surface area contributed by atoms with E-state index in [0.717, 1.165) is 6.07 Å². The van der Waals surface area contributed by atoms with Gasteiger partial charge in [-0.15, -0.1) is 11.8 Å². The van der Waals surface area contributed by atoms with Crippen molar-refractivity contribution >= 4 is 0 Å². The average molecular weight is 195 g/mol. The van der Waals surface area contributed by atoms with E-state index in [1.807, 2.05) is 0 Å². The Balaban J connectivity index is 2.88. The summed E-state index contributed by atoms with van der Waals surface area (Å²) in [4.78, 5) is 0. The van der Waals surface area contributed by atoms with Gasteiger partial charge in [-0.25, -0.2) is 8.78 Å². The zero-order valence-electron chi connectivity index (χ0n) is 7.85. The number of hydrogen-bond acceptors (Lipinski definition) is 1. The maximum absolute atomic E-state index is 13.2. The Labute approximate surface area is 81.9 Å². The summed E-state index contributed by atoms with van der Waals surface area (Å²) >= 11 is 0. The summed E-state index contributed by atoms with van der Waals surface area (Å²) in [6.07, 6.45) is 0.374. The first-order valence-electron chi connectivity index (χ1n) is 4.25. The summed E-state index contributed by atoms with van der Waals surface area (Å²) in [5.41, 5.74) is 5.97. The quantitative estimate of drug-likeness (QED) is 0.720. The van der Waals surface area contributed by atoms with Crippen LogP contribution in [0.5, 0.6) is 0 Å². The molecule has 74 valence electrons. The Bertz CT molecular complexity index is 377. The molecule has 1 atom stereocenters. The fourth-order valence-electron chi connectivity index (χ4n) is 1.12. The molecule has 14 heavy (non-hydrogen) atoms. The first-order valence-corrected chi connectivity index (χ1v) is 4.25. The minimum Gasteiger partial charge on any atom is -0.323 e. The van der Waals surface area contributed by atoms with Crippen LogP contribution in [0.2, 0.25) is 0 Å². The van der Waals surface area contributed by atoms with Crippen LogP contribution in [0, 0.1) is 23.5 Å². The molecule has 1 rings (SSSR count). The van der Waals surface area contributed by atoms with Crippen molar-refractivity contribution in [3.8, 4) is 11.8 Å². The number of nitrogens with two attached hydrogens (primary N) is 1. The number of benzene rings is 1. The third-order valence-corrected chi connectivity index (χ3v) is 1.86. The van der Waals surface area contributed by atoms with Gasteiger partial charge in [-0.2, -0.15) is 0 Å². The number of hydrogen-bond donors (Lipinski definition) is 1. The molecule has 1 aromatic carbocycles. The van der Waals surface area contributed by atoms with E-state index in [-0.39, 0.29) is 0 Å². The van der Waals surface area contributed by atoms with Crippen molar-refractivity contribution in [2.24, 2.45) is 5.73 Å². The standard InChI is InChI=1S/C11H11F2N/c1-2-3-4-11(14)9-6-5-8(12)7-10(9)13/h5-7,11H,4,14H2,1H3. The van der Waals surface area contributed by atoms with Crippen LogP contribution in [0.3, 0.4) is 0 Å². The predicted molar refractivity (Wildman–Crippen MR) is 51.4 cm³/mol. The summed E-state index contributed by atoms with van der Waals surface area (Å²) in [7, 11) is 0. The molecule has 0 saturated heterocycles. The lowest BCUT2D eigenvalue weighted by Gasteiger charge is -2.09. The van der Waals surface area contributed by atoms with Crippen LogP contribution in [0.25, 0.3) is 0 Å². The summed E-state index contributed by atoms with van der Waals surface area (Å²) in [6, 6.07) is 2.88. The molecule has 2 N–H and O–H groups in total. The van der Waals surface area contributed by atoms with Gasteiger partial charge in [-0.3, -0.25) is 0 Å². The van der Waals surface area contributed by atoms with E-state index in [2.05, 4.69) is 11.8 Å². The SMILES string of the molecule is CC#CCC(N)c1ccc(F)cc1F. The second kappa shape index (κ2) is 4.73. The zero-order chi connectivity index (χ0) is 10.6. The van der Waals surface area contributed by atoms with E-state index in [9.17, 15) is 8.78 Å². The van der Waals surface area contributed by atoms with Crippen LogP contribution in [0.4, 0.5) is 8.78 Å². The molecule has 0 amide bonds. The van der Waals surface area contributed by atoms with Gasteiger partial charge in [0, 0.05) is 24.1 Å². The van der Waals surface area contributed by atoms with E-state index in [1.165, 1.54) is 12.1 Å². The lowest BCUT2D eigenvalue weighted by atomic mass is 10.0. The summed E-state index contributed by atoms with van der Waals surface area (Å²) in [5, 5.41) is 0. The molecular formula is C11H11F2N. The third-order valence-electron chi connectivity index (χ3n) is 1.86. The Morgan fingerprint density at radius 2 is 2.14 bits per heavy atom. The van der Waals surface area contributed by atoms with Crippen LogP contribution >= 0.6 is 0 Å². The Kier molecular flexibility index (Phi) is 3.61. The molecule has 1 aromatic rings. The molecule has 0 spiro atoms. The van der Waals surface area contributed by atoms with E-state index < -0.39 is 17.7 Å². The Morgan fingerprint density at radius 1 is 1.43 bits per heavy atom. The Morgan fingerprint density at radius 3 is 2.71 bits per heavy atom. The molecule has 0 fully saturated rings. The molecule has 3 heteroatoms. The van der Waals surface area contributed by atoms with Crippen LogP contribution in [-0.2, 0) is 0 Å². The highest BCUT2D eigenvalue weighted by molar-refractivity contribution is 5.23. The summed E-state index contributed by atoms with van der Waals surface area (Å²) in [5.74, 6) is 4.21. The van der Waals surface area contributed by atoms with Gasteiger partial charge < -0.3 is 5.73 Å². The molecule has 0 aromatic heterocycles. The highest BCUT2D eigenvalue weighted by Gasteiger charge is 2.10. The van der Waals surface area contributed by atoms with Gasteiger partial charge in [0.15, 0.2) is 0 Å². The molecule has 0 aliphatic rings. The van der Waals surface area contributed by atoms with E-state index in [0.29, 0.717) is 12.0 Å². The second-order valence-electron chi connectivity index (χ2n) is 2.90. The van der Waals surface area contributed by atoms with Gasteiger partial charge in [0.25, 0.3) is 0 Å². The number of rotatable bonds is 2. The fourth-order valence-corrected chi connectivity index (χ4v) is 1.12. The third kappa shape index (κ3) is 2.54. The summed E-state index contributed by atoms with van der Waals surface area (Å²) in [6.45, 7) is 1.69. The normalized spacial score (nSPS) is 11.7. The van der Waals surface area contributed by atoms with Crippen molar-refractivity contribution in [3.63, 3.8) is 0 Å². The maximum atomic E-state index is 13.2. The van der Waals surface area contributed by atoms with E-state index in [1.54, 1.807) is 6.92 Å². The maximum Gasteiger partial charge on any atom is 0.130 e. The van der Waals surface area contributed by atoms with Crippen molar-refractivity contribution in [2.75, 3.05) is 0 Å². The average Bonchev–Trinajstić information content (AvgIpc) is 2.14. The lowest BCUT2D eigenvalue weighted by molar-refractivity contribution is 0.557. The highest BCUT2D eigenvalue weighted by Crippen LogP contribution is 2.18. The molecule has 0 aliphatic heterocycles. The molecule has 1 nitrogen and oxygen atoms in total. The van der Waals surface area contributed by atoms with Gasteiger partial charge in [-0.05, 0) is 13.0 Å². The molecule has 0 radical (unpaired) electrons. The van der Waals surface area contributed by atoms with E-state index in [4.69, 9.17) is 5.73 Å². The van der Waals surface area contributed by atoms with Crippen LogP contribution in [0.15, 0.2) is 18.2 Å². The van der Waals surface area contributed by atoms with Gasteiger partial charge in [0.05, 0.1) is 0 Å². The smallest absolute Gasteiger partial charge is 0.130 e. The van der Waals surface area contributed by atoms with Crippen LogP contribution in [-0.4, -0.2) is 0 Å². The molecule has 1 unspecified atom stereocenters. The van der Waals surface area contributed by atoms with Crippen LogP contribution in [0.1, 0.15) is 24.9 Å². The van der Waals surface area contributed by atoms with Gasteiger partial charge >= 0.3 is 0 Å². The topological polar surface area (TPSA) is 26.0 Å². The molecular weight excluding hydrogens is 184 g/mol. The van der Waals surface area contributed by atoms with Gasteiger partial charge in [-0.1, -0.05) is 6.07 Å². The van der Waals surface area contributed by atoms with Crippen molar-refractivity contribution in [1.82, 2.24) is 0 Å². The predicted octanol–water partition coefficient (Wildman–Crippen LogP) is 2.38. The van der Waals surface area contributed by atoms with Gasteiger partial charge in [0.2, 0.25) is 0 Å². The monoisotopic (exact) mass is 195 g/mol. The Hall–Kier alpha value is -1.40. The van der Waals surface area contributed by atoms with Crippen molar-refractivity contribution in [3.05, 3.63) is 35.4 Å². The minimum atomic E-state index is -0.615. The highest BCUT2D eigenvalue weighted by atomic mass is 19.1. The van der Waals surface area contributed by atoms with Crippen LogP contribution < -0.4 is 5.73 Å². The fraction of sp³-hybridized carbons (Fsp3) is 0.273. The van der Waals surface area contributed by atoms with Crippen molar-refractivity contribution in [2.45, 2.75) is 19.4 Å². The zero-order valence-corrected chi connectivity index (χ0v) is 7.85. The molecule has 0 aliphatic carbocycles. The lowest BCUT2D eigenvalue weighted by Crippen LogP contribution is -2.11. The van der Waals surface area contributed by atoms with Crippen molar-refractivity contribution in [1.29, 1.82) is 0 Å². The molecule has 0 saturated carbocycles. The first-order chi connectivity index (χ1) is 6.65. The van der Waals surface area contributed by atoms with Crippen molar-refractivity contribution < 1.29 is 8.78 Å². The number of halogens is 2. The minimum absolute atomic E-state index is 0.300. The van der Waals surface area contributed by atoms with Gasteiger partial charge in [0.1, 0.15) is 11.6 Å². The largest absolute Gasteiger partial charge is 0.323 e. The molecule has 0 heterocycles. The van der Waals surface area contributed by atoms with E-state index >= 15 is 0 Å². The second-order valence-corrected chi connectivity index (χ2v) is 2.90. The first kappa shape index (κ1) is 10.7.